The van der Waals surface area contributed by atoms with E-state index in [0.29, 0.717) is 11.5 Å². The van der Waals surface area contributed by atoms with Crippen LogP contribution in [-0.4, -0.2) is 44.0 Å². The molecule has 1 aliphatic rings. The van der Waals surface area contributed by atoms with Crippen molar-refractivity contribution in [3.05, 3.63) is 122 Å². The van der Waals surface area contributed by atoms with Crippen LogP contribution < -0.4 is 20.5 Å². The first-order chi connectivity index (χ1) is 20.9. The van der Waals surface area contributed by atoms with E-state index in [1.54, 1.807) is 14.0 Å². The number of aliphatic hydroxyl groups excluding tert-OH is 1. The summed E-state index contributed by atoms with van der Waals surface area (Å²) in [5.74, 6) is 6.64. The van der Waals surface area contributed by atoms with E-state index >= 15 is 0 Å². The Morgan fingerprint density at radius 2 is 1.67 bits per heavy atom. The molecule has 1 aliphatic heterocycles. The van der Waals surface area contributed by atoms with Crippen LogP contribution in [0.5, 0.6) is 5.75 Å². The Morgan fingerprint density at radius 3 is 2.28 bits per heavy atom. The SMILES string of the molecule is CC#CC(O)[C@H]1O[C@@H](n2c(=O)sc3c(=O)[nH]c(NC(c4ccccc4)(c4ccccc4)c4ccc(OC)cc4)nc32)CS1. The molecule has 3 N–H and O–H groups in total. The van der Waals surface area contributed by atoms with E-state index in [-0.39, 0.29) is 21.2 Å². The zero-order chi connectivity index (χ0) is 30.0. The second-order valence-corrected chi connectivity index (χ2v) is 11.9. The quantitative estimate of drug-likeness (QED) is 0.173. The van der Waals surface area contributed by atoms with E-state index in [2.05, 4.69) is 22.1 Å². The molecule has 0 saturated carbocycles. The van der Waals surface area contributed by atoms with Crippen LogP contribution in [-0.2, 0) is 10.3 Å². The molecule has 218 valence electrons. The number of hydrogen-bond acceptors (Lipinski definition) is 9. The third kappa shape index (κ3) is 5.34. The molecular formula is C32H28N4O5S2. The number of benzene rings is 3. The number of ether oxygens (including phenoxy) is 2. The van der Waals surface area contributed by atoms with E-state index in [1.807, 2.05) is 84.9 Å². The van der Waals surface area contributed by atoms with E-state index in [0.717, 1.165) is 28.0 Å². The highest BCUT2D eigenvalue weighted by Gasteiger charge is 2.38. The van der Waals surface area contributed by atoms with Crippen molar-refractivity contribution in [1.29, 1.82) is 0 Å². The molecule has 0 spiro atoms. The summed E-state index contributed by atoms with van der Waals surface area (Å²) in [5, 5.41) is 13.9. The minimum atomic E-state index is -1.00. The number of anilines is 1. The lowest BCUT2D eigenvalue weighted by Crippen LogP contribution is -2.39. The maximum Gasteiger partial charge on any atom is 0.311 e. The lowest BCUT2D eigenvalue weighted by molar-refractivity contribution is -0.0204. The molecule has 2 aromatic heterocycles. The van der Waals surface area contributed by atoms with Crippen molar-refractivity contribution in [3.8, 4) is 17.6 Å². The van der Waals surface area contributed by atoms with Gasteiger partial charge in [-0.1, -0.05) is 90.1 Å². The van der Waals surface area contributed by atoms with Crippen molar-refractivity contribution in [2.24, 2.45) is 0 Å². The van der Waals surface area contributed by atoms with Gasteiger partial charge in [-0.05, 0) is 35.7 Å². The van der Waals surface area contributed by atoms with Crippen LogP contribution in [0.2, 0.25) is 0 Å². The third-order valence-electron chi connectivity index (χ3n) is 7.25. The first kappa shape index (κ1) is 28.8. The Balaban J connectivity index is 1.51. The van der Waals surface area contributed by atoms with Gasteiger partial charge >= 0.3 is 4.87 Å². The topological polar surface area (TPSA) is 118 Å². The molecule has 5 aromatic rings. The van der Waals surface area contributed by atoms with Crippen LogP contribution in [0.1, 0.15) is 29.8 Å². The number of thioether (sulfide) groups is 1. The number of rotatable bonds is 8. The Kier molecular flexibility index (Phi) is 8.10. The molecule has 11 heteroatoms. The largest absolute Gasteiger partial charge is 0.497 e. The van der Waals surface area contributed by atoms with Crippen LogP contribution in [0, 0.1) is 11.8 Å². The first-order valence-electron chi connectivity index (χ1n) is 13.5. The summed E-state index contributed by atoms with van der Waals surface area (Å²) in [7, 11) is 1.62. The molecule has 3 aromatic carbocycles. The number of methoxy groups -OCH3 is 1. The average Bonchev–Trinajstić information content (AvgIpc) is 3.65. The zero-order valence-corrected chi connectivity index (χ0v) is 24.9. The smallest absolute Gasteiger partial charge is 0.311 e. The second-order valence-electron chi connectivity index (χ2n) is 9.77. The lowest BCUT2D eigenvalue weighted by atomic mass is 9.77. The van der Waals surface area contributed by atoms with Gasteiger partial charge in [0.2, 0.25) is 5.95 Å². The van der Waals surface area contributed by atoms with Crippen molar-refractivity contribution in [1.82, 2.24) is 14.5 Å². The van der Waals surface area contributed by atoms with E-state index in [4.69, 9.17) is 14.5 Å². The summed E-state index contributed by atoms with van der Waals surface area (Å²) in [5.41, 5.74) is 0.819. The highest BCUT2D eigenvalue weighted by molar-refractivity contribution is 8.00. The Hall–Kier alpha value is -4.34. The molecule has 1 unspecified atom stereocenters. The van der Waals surface area contributed by atoms with Crippen molar-refractivity contribution in [3.63, 3.8) is 0 Å². The minimum Gasteiger partial charge on any atom is -0.497 e. The number of aromatic amines is 1. The number of fused-ring (bicyclic) bond motifs is 1. The number of nitrogens with zero attached hydrogens (tertiary/aromatic N) is 2. The second kappa shape index (κ2) is 12.1. The Bertz CT molecular complexity index is 1870. The third-order valence-corrected chi connectivity index (χ3v) is 9.37. The molecule has 6 rings (SSSR count). The highest BCUT2D eigenvalue weighted by atomic mass is 32.2. The van der Waals surface area contributed by atoms with Crippen LogP contribution in [0.3, 0.4) is 0 Å². The van der Waals surface area contributed by atoms with Crippen molar-refractivity contribution in [2.45, 2.75) is 30.2 Å². The van der Waals surface area contributed by atoms with Crippen molar-refractivity contribution in [2.75, 3.05) is 18.2 Å². The van der Waals surface area contributed by atoms with Gasteiger partial charge in [-0.3, -0.25) is 19.1 Å². The number of aliphatic hydroxyl groups is 1. The number of aromatic nitrogens is 3. The lowest BCUT2D eigenvalue weighted by Gasteiger charge is -2.37. The van der Waals surface area contributed by atoms with Crippen molar-refractivity contribution < 1.29 is 14.6 Å². The molecule has 0 amide bonds. The van der Waals surface area contributed by atoms with Gasteiger partial charge in [0.25, 0.3) is 5.56 Å². The molecule has 0 radical (unpaired) electrons. The summed E-state index contributed by atoms with van der Waals surface area (Å²) >= 11 is 2.17. The molecule has 43 heavy (non-hydrogen) atoms. The monoisotopic (exact) mass is 612 g/mol. The van der Waals surface area contributed by atoms with E-state index in [1.165, 1.54) is 16.3 Å². The molecule has 1 fully saturated rings. The van der Waals surface area contributed by atoms with Gasteiger partial charge in [0.05, 0.1) is 7.11 Å². The summed E-state index contributed by atoms with van der Waals surface area (Å²) in [6.45, 7) is 1.64. The maximum absolute atomic E-state index is 13.4. The molecular weight excluding hydrogens is 585 g/mol. The summed E-state index contributed by atoms with van der Waals surface area (Å²) in [6, 6.07) is 27.5. The summed E-state index contributed by atoms with van der Waals surface area (Å²) < 4.78 is 13.0. The predicted molar refractivity (Wildman–Crippen MR) is 170 cm³/mol. The van der Waals surface area contributed by atoms with Gasteiger partial charge < -0.3 is 19.9 Å². The van der Waals surface area contributed by atoms with Gasteiger partial charge in [0, 0.05) is 5.75 Å². The van der Waals surface area contributed by atoms with Crippen LogP contribution >= 0.6 is 23.1 Å². The molecule has 0 bridgehead atoms. The van der Waals surface area contributed by atoms with Gasteiger partial charge in [-0.2, -0.15) is 4.98 Å². The summed E-state index contributed by atoms with van der Waals surface area (Å²) in [4.78, 5) is 33.9. The van der Waals surface area contributed by atoms with Gasteiger partial charge in [-0.15, -0.1) is 17.7 Å². The molecule has 9 nitrogen and oxygen atoms in total. The van der Waals surface area contributed by atoms with Crippen LogP contribution in [0.25, 0.3) is 10.3 Å². The maximum atomic E-state index is 13.4. The molecule has 3 heterocycles. The first-order valence-corrected chi connectivity index (χ1v) is 15.4. The summed E-state index contributed by atoms with van der Waals surface area (Å²) in [6.07, 6.45) is -1.72. The average molecular weight is 613 g/mol. The molecule has 0 aliphatic carbocycles. The number of H-pyrrole nitrogens is 1. The molecule has 3 atom stereocenters. The Morgan fingerprint density at radius 1 is 1.05 bits per heavy atom. The fourth-order valence-corrected chi connectivity index (χ4v) is 7.18. The van der Waals surface area contributed by atoms with Crippen LogP contribution in [0.15, 0.2) is 94.5 Å². The van der Waals surface area contributed by atoms with Gasteiger partial charge in [0.15, 0.2) is 5.65 Å². The van der Waals surface area contributed by atoms with Crippen LogP contribution in [0.4, 0.5) is 5.95 Å². The van der Waals surface area contributed by atoms with E-state index < -0.39 is 28.9 Å². The fraction of sp³-hybridized carbons (Fsp3) is 0.219. The highest BCUT2D eigenvalue weighted by Crippen LogP contribution is 2.40. The predicted octanol–water partition coefficient (Wildman–Crippen LogP) is 4.53. The van der Waals surface area contributed by atoms with Gasteiger partial charge in [0.1, 0.15) is 33.8 Å². The number of thiazole rings is 1. The number of hydrogen-bond donors (Lipinski definition) is 3. The molecule has 1 saturated heterocycles. The van der Waals surface area contributed by atoms with Gasteiger partial charge in [-0.25, -0.2) is 0 Å². The Labute approximate surface area is 255 Å². The zero-order valence-electron chi connectivity index (χ0n) is 23.3. The number of nitrogens with one attached hydrogen (secondary N) is 2. The van der Waals surface area contributed by atoms with Crippen molar-refractivity contribution >= 4 is 39.4 Å². The standard InChI is InChI=1S/C32H28N4O5S2/c1-3-10-24(37)29-41-25(19-42-29)36-27-26(43-31(36)39)28(38)34-30(33-27)35-32(20-11-6-4-7-12-20,21-13-8-5-9-14-21)22-15-17-23(40-2)18-16-22/h4-9,11-18,24-25,29,37H,19H2,1-2H3,(H2,33,34,35,38)/t24?,25-,29+/m1/s1. The normalized spacial score (nSPS) is 17.3. The fourth-order valence-electron chi connectivity index (χ4n) is 5.28. The minimum absolute atomic E-state index is 0.173. The van der Waals surface area contributed by atoms with E-state index in [9.17, 15) is 14.7 Å².